The molecule has 1 aromatic carbocycles. The zero-order valence-electron chi connectivity index (χ0n) is 18.1. The van der Waals surface area contributed by atoms with Crippen LogP contribution in [0.15, 0.2) is 24.3 Å². The average Bonchev–Trinajstić information content (AvgIpc) is 2.86. The van der Waals surface area contributed by atoms with Crippen LogP contribution in [0.25, 0.3) is 0 Å². The van der Waals surface area contributed by atoms with E-state index in [4.69, 9.17) is 9.47 Å². The maximum atomic E-state index is 15.6. The first-order chi connectivity index (χ1) is 15.7. The lowest BCUT2D eigenvalue weighted by Crippen LogP contribution is -2.48. The molecule has 0 spiro atoms. The molecular weight excluding hydrogens is 418 g/mol. The van der Waals surface area contributed by atoms with Gasteiger partial charge < -0.3 is 29.1 Å². The number of morpholine rings is 2. The Morgan fingerprint density at radius 3 is 1.66 bits per heavy atom. The van der Waals surface area contributed by atoms with Gasteiger partial charge in [-0.15, -0.1) is 0 Å². The molecule has 0 bridgehead atoms. The lowest BCUT2D eigenvalue weighted by Gasteiger charge is -2.37. The Balaban J connectivity index is 1.41. The van der Waals surface area contributed by atoms with Gasteiger partial charge in [0.1, 0.15) is 5.82 Å². The fraction of sp³-hybridized carbons (Fsp3) is 0.545. The highest BCUT2D eigenvalue weighted by Crippen LogP contribution is 2.30. The molecule has 0 N–H and O–H groups in total. The zero-order chi connectivity index (χ0) is 21.9. The van der Waals surface area contributed by atoms with E-state index in [1.165, 1.54) is 6.07 Å². The molecule has 0 atom stereocenters. The fourth-order valence-corrected chi connectivity index (χ4v) is 4.38. The minimum Gasteiger partial charge on any atom is -0.378 e. The lowest BCUT2D eigenvalue weighted by molar-refractivity contribution is 0.121. The summed E-state index contributed by atoms with van der Waals surface area (Å²) in [5, 5.41) is 0. The number of nitrogens with zero attached hydrogens (tertiary/aromatic N) is 6. The van der Waals surface area contributed by atoms with E-state index in [0.29, 0.717) is 102 Å². The second-order valence-corrected chi connectivity index (χ2v) is 8.11. The molecule has 0 radical (unpaired) electrons. The number of rotatable bonds is 4. The van der Waals surface area contributed by atoms with Crippen molar-refractivity contribution < 1.29 is 18.3 Å². The Labute approximate surface area is 186 Å². The summed E-state index contributed by atoms with van der Waals surface area (Å²) in [7, 11) is 0. The van der Waals surface area contributed by atoms with E-state index < -0.39 is 0 Å². The van der Waals surface area contributed by atoms with E-state index in [1.54, 1.807) is 12.1 Å². The molecule has 0 unspecified atom stereocenters. The van der Waals surface area contributed by atoms with Crippen molar-refractivity contribution in [3.8, 4) is 0 Å². The van der Waals surface area contributed by atoms with Gasteiger partial charge in [0.05, 0.1) is 32.1 Å². The summed E-state index contributed by atoms with van der Waals surface area (Å²) < 4.78 is 40.6. The second-order valence-electron chi connectivity index (χ2n) is 8.11. The third-order valence-corrected chi connectivity index (χ3v) is 6.18. The topological polar surface area (TPSA) is 57.2 Å². The molecule has 0 aliphatic carbocycles. The fourth-order valence-electron chi connectivity index (χ4n) is 4.38. The van der Waals surface area contributed by atoms with Crippen LogP contribution in [0.3, 0.4) is 0 Å². The Morgan fingerprint density at radius 2 is 1.12 bits per heavy atom. The van der Waals surface area contributed by atoms with E-state index in [1.807, 2.05) is 20.8 Å². The third kappa shape index (κ3) is 4.29. The van der Waals surface area contributed by atoms with Gasteiger partial charge in [-0.05, 0) is 12.1 Å². The molecule has 0 saturated carbocycles. The molecule has 4 heterocycles. The molecule has 2 aromatic rings. The largest absolute Gasteiger partial charge is 0.378 e. The van der Waals surface area contributed by atoms with Crippen LogP contribution in [0.2, 0.25) is 0 Å². The highest BCUT2D eigenvalue weighted by atomic mass is 19.1. The van der Waals surface area contributed by atoms with Gasteiger partial charge in [-0.1, -0.05) is 12.1 Å². The van der Waals surface area contributed by atoms with Gasteiger partial charge in [-0.3, -0.25) is 0 Å². The Bertz CT molecular complexity index is 889. The Hall–Kier alpha value is -2.72. The predicted octanol–water partition coefficient (Wildman–Crippen LogP) is 1.75. The van der Waals surface area contributed by atoms with Gasteiger partial charge in [-0.2, -0.15) is 14.4 Å². The van der Waals surface area contributed by atoms with Crippen LogP contribution in [-0.4, -0.2) is 88.8 Å². The van der Waals surface area contributed by atoms with Crippen LogP contribution in [0.4, 0.5) is 32.1 Å². The number of para-hydroxylation sites is 1. The van der Waals surface area contributed by atoms with E-state index >= 15 is 4.39 Å². The molecule has 3 saturated heterocycles. The predicted molar refractivity (Wildman–Crippen MR) is 119 cm³/mol. The lowest BCUT2D eigenvalue weighted by atomic mass is 10.2. The maximum absolute atomic E-state index is 15.6. The normalized spacial score (nSPS) is 20.1. The van der Waals surface area contributed by atoms with Gasteiger partial charge in [0.15, 0.2) is 11.6 Å². The van der Waals surface area contributed by atoms with Crippen molar-refractivity contribution in [3.05, 3.63) is 35.9 Å². The first-order valence-electron chi connectivity index (χ1n) is 11.2. The molecule has 5 rings (SSSR count). The number of halogens is 2. The minimum absolute atomic E-state index is 0.219. The van der Waals surface area contributed by atoms with E-state index in [2.05, 4.69) is 14.9 Å². The summed E-state index contributed by atoms with van der Waals surface area (Å²) >= 11 is 0. The number of anilines is 4. The van der Waals surface area contributed by atoms with Gasteiger partial charge in [0.2, 0.25) is 11.8 Å². The Morgan fingerprint density at radius 1 is 0.625 bits per heavy atom. The summed E-state index contributed by atoms with van der Waals surface area (Å²) in [6, 6.07) is 6.82. The third-order valence-electron chi connectivity index (χ3n) is 6.18. The minimum atomic E-state index is -0.387. The smallest absolute Gasteiger partial charge is 0.229 e. The maximum Gasteiger partial charge on any atom is 0.229 e. The van der Waals surface area contributed by atoms with Crippen LogP contribution in [0, 0.1) is 11.6 Å². The first kappa shape index (κ1) is 21.1. The van der Waals surface area contributed by atoms with Crippen molar-refractivity contribution in [2.24, 2.45) is 0 Å². The molecule has 8 nitrogen and oxygen atoms in total. The van der Waals surface area contributed by atoms with Crippen LogP contribution in [0.5, 0.6) is 0 Å². The summed E-state index contributed by atoms with van der Waals surface area (Å²) in [6.07, 6.45) is 0. The SMILES string of the molecule is Fc1ccccc1N1CCN(c2nc(N3CCOCC3)c(F)c(N3CCOCC3)n2)CC1. The van der Waals surface area contributed by atoms with Crippen molar-refractivity contribution in [1.82, 2.24) is 9.97 Å². The highest BCUT2D eigenvalue weighted by molar-refractivity contribution is 5.58. The molecule has 3 fully saturated rings. The second kappa shape index (κ2) is 9.41. The summed E-state index contributed by atoms with van der Waals surface area (Å²) in [5.74, 6) is 0.570. The zero-order valence-corrected chi connectivity index (χ0v) is 18.1. The standard InChI is InChI=1S/C22H28F2N6O2/c23-17-3-1-2-4-18(17)27-5-7-30(8-6-27)22-25-20(28-9-13-31-14-10-28)19(24)21(26-22)29-11-15-32-16-12-29/h1-4H,5-16H2. The monoisotopic (exact) mass is 446 g/mol. The molecule has 10 heteroatoms. The van der Waals surface area contributed by atoms with E-state index in [0.717, 1.165) is 0 Å². The van der Waals surface area contributed by atoms with Crippen LogP contribution >= 0.6 is 0 Å². The van der Waals surface area contributed by atoms with Crippen LogP contribution in [-0.2, 0) is 9.47 Å². The van der Waals surface area contributed by atoms with Crippen LogP contribution in [0.1, 0.15) is 0 Å². The number of hydrogen-bond acceptors (Lipinski definition) is 8. The van der Waals surface area contributed by atoms with Crippen LogP contribution < -0.4 is 19.6 Å². The van der Waals surface area contributed by atoms with Gasteiger partial charge in [0.25, 0.3) is 0 Å². The van der Waals surface area contributed by atoms with Crippen molar-refractivity contribution >= 4 is 23.3 Å². The van der Waals surface area contributed by atoms with E-state index in [9.17, 15) is 4.39 Å². The molecule has 0 amide bonds. The van der Waals surface area contributed by atoms with Crippen molar-refractivity contribution in [2.45, 2.75) is 0 Å². The quantitative estimate of drug-likeness (QED) is 0.704. The van der Waals surface area contributed by atoms with Crippen molar-refractivity contribution in [3.63, 3.8) is 0 Å². The number of hydrogen-bond donors (Lipinski definition) is 0. The summed E-state index contributed by atoms with van der Waals surface area (Å²) in [4.78, 5) is 17.3. The molecule has 1 aromatic heterocycles. The first-order valence-corrected chi connectivity index (χ1v) is 11.2. The van der Waals surface area contributed by atoms with Gasteiger partial charge in [0, 0.05) is 52.4 Å². The number of benzene rings is 1. The Kier molecular flexibility index (Phi) is 6.22. The molecular formula is C22H28F2N6O2. The summed E-state index contributed by atoms with van der Waals surface area (Å²) in [5.41, 5.74) is 0.607. The molecule has 3 aliphatic rings. The van der Waals surface area contributed by atoms with Gasteiger partial charge >= 0.3 is 0 Å². The number of ether oxygens (including phenoxy) is 2. The molecule has 32 heavy (non-hydrogen) atoms. The molecule has 3 aliphatic heterocycles. The van der Waals surface area contributed by atoms with Crippen molar-refractivity contribution in [2.75, 3.05) is 98.4 Å². The van der Waals surface area contributed by atoms with Crippen molar-refractivity contribution in [1.29, 1.82) is 0 Å². The number of aromatic nitrogens is 2. The molecule has 172 valence electrons. The number of piperazine rings is 1. The van der Waals surface area contributed by atoms with E-state index in [-0.39, 0.29) is 11.6 Å². The summed E-state index contributed by atoms with van der Waals surface area (Å²) in [6.45, 7) is 7.11. The van der Waals surface area contributed by atoms with Gasteiger partial charge in [-0.25, -0.2) is 4.39 Å². The average molecular weight is 447 g/mol. The highest BCUT2D eigenvalue weighted by Gasteiger charge is 2.28.